The molecule has 1 N–H and O–H groups in total. The van der Waals surface area contributed by atoms with E-state index in [1.165, 1.54) is 12.0 Å². The Balaban J connectivity index is 2.63. The van der Waals surface area contributed by atoms with Crippen molar-refractivity contribution in [2.45, 2.75) is 20.3 Å². The maximum atomic E-state index is 12.3. The lowest BCUT2D eigenvalue weighted by Crippen LogP contribution is -2.43. The van der Waals surface area contributed by atoms with E-state index >= 15 is 0 Å². The molecular formula is C13H22N2O5. The second-order valence-electron chi connectivity index (χ2n) is 5.02. The SMILES string of the molecule is CCN(CCC(=O)O)C(=O)N1CC(C)C(C(=O)OC)C1. The van der Waals surface area contributed by atoms with Gasteiger partial charge in [0.05, 0.1) is 19.4 Å². The Morgan fingerprint density at radius 2 is 2.00 bits per heavy atom. The molecular weight excluding hydrogens is 264 g/mol. The molecule has 20 heavy (non-hydrogen) atoms. The summed E-state index contributed by atoms with van der Waals surface area (Å²) in [5.41, 5.74) is 0. The number of hydrogen-bond acceptors (Lipinski definition) is 4. The van der Waals surface area contributed by atoms with Crippen LogP contribution in [0.1, 0.15) is 20.3 Å². The standard InChI is InChI=1S/C13H22N2O5/c1-4-14(6-5-11(16)17)13(19)15-7-9(2)10(8-15)12(18)20-3/h9-10H,4-8H2,1-3H3,(H,16,17). The number of ether oxygens (including phenoxy) is 1. The van der Waals surface area contributed by atoms with Crippen molar-refractivity contribution in [2.24, 2.45) is 11.8 Å². The maximum Gasteiger partial charge on any atom is 0.320 e. The summed E-state index contributed by atoms with van der Waals surface area (Å²) in [6, 6.07) is -0.216. The Morgan fingerprint density at radius 1 is 1.35 bits per heavy atom. The van der Waals surface area contributed by atoms with E-state index in [-0.39, 0.29) is 36.8 Å². The van der Waals surface area contributed by atoms with E-state index in [1.54, 1.807) is 11.8 Å². The number of likely N-dealkylation sites (tertiary alicyclic amines) is 1. The molecule has 0 spiro atoms. The van der Waals surface area contributed by atoms with Crippen molar-refractivity contribution >= 4 is 18.0 Å². The van der Waals surface area contributed by atoms with Gasteiger partial charge in [0.2, 0.25) is 0 Å². The van der Waals surface area contributed by atoms with Gasteiger partial charge in [-0.15, -0.1) is 0 Å². The van der Waals surface area contributed by atoms with Gasteiger partial charge in [-0.2, -0.15) is 0 Å². The molecule has 1 heterocycles. The Kier molecular flexibility index (Phi) is 5.79. The van der Waals surface area contributed by atoms with Crippen LogP contribution in [-0.2, 0) is 14.3 Å². The third-order valence-corrected chi connectivity index (χ3v) is 3.63. The van der Waals surface area contributed by atoms with Crippen LogP contribution >= 0.6 is 0 Å². The van der Waals surface area contributed by atoms with Crippen LogP contribution in [0.25, 0.3) is 0 Å². The lowest BCUT2D eigenvalue weighted by molar-refractivity contribution is -0.146. The molecule has 0 aliphatic carbocycles. The van der Waals surface area contributed by atoms with Crippen LogP contribution in [0, 0.1) is 11.8 Å². The number of carbonyl (C=O) groups is 3. The summed E-state index contributed by atoms with van der Waals surface area (Å²) in [6.07, 6.45) is -0.0800. The van der Waals surface area contributed by atoms with Crippen molar-refractivity contribution in [1.82, 2.24) is 9.80 Å². The highest BCUT2D eigenvalue weighted by atomic mass is 16.5. The third kappa shape index (κ3) is 3.85. The van der Waals surface area contributed by atoms with Crippen LogP contribution in [0.15, 0.2) is 0 Å². The van der Waals surface area contributed by atoms with Gasteiger partial charge < -0.3 is 19.6 Å². The lowest BCUT2D eigenvalue weighted by atomic mass is 9.99. The monoisotopic (exact) mass is 286 g/mol. The Morgan fingerprint density at radius 3 is 2.50 bits per heavy atom. The van der Waals surface area contributed by atoms with Gasteiger partial charge in [-0.3, -0.25) is 9.59 Å². The van der Waals surface area contributed by atoms with Crippen LogP contribution in [0.4, 0.5) is 4.79 Å². The Bertz CT molecular complexity index is 385. The first-order valence-electron chi connectivity index (χ1n) is 6.74. The quantitative estimate of drug-likeness (QED) is 0.750. The van der Waals surface area contributed by atoms with Crippen LogP contribution in [0.2, 0.25) is 0 Å². The zero-order valence-electron chi connectivity index (χ0n) is 12.2. The highest BCUT2D eigenvalue weighted by Crippen LogP contribution is 2.25. The summed E-state index contributed by atoms with van der Waals surface area (Å²) in [5, 5.41) is 8.68. The summed E-state index contributed by atoms with van der Waals surface area (Å²) in [7, 11) is 1.34. The molecule has 0 saturated carbocycles. The summed E-state index contributed by atoms with van der Waals surface area (Å²) >= 11 is 0. The van der Waals surface area contributed by atoms with Gasteiger partial charge in [0.1, 0.15) is 0 Å². The van der Waals surface area contributed by atoms with E-state index in [9.17, 15) is 14.4 Å². The number of carboxylic acids is 1. The number of urea groups is 1. The van der Waals surface area contributed by atoms with Crippen molar-refractivity contribution in [2.75, 3.05) is 33.3 Å². The molecule has 1 rings (SSSR count). The second-order valence-corrected chi connectivity index (χ2v) is 5.02. The molecule has 0 aromatic heterocycles. The third-order valence-electron chi connectivity index (χ3n) is 3.63. The fourth-order valence-corrected chi connectivity index (χ4v) is 2.40. The average molecular weight is 286 g/mol. The summed E-state index contributed by atoms with van der Waals surface area (Å²) < 4.78 is 4.73. The molecule has 1 aliphatic heterocycles. The van der Waals surface area contributed by atoms with Crippen molar-refractivity contribution in [1.29, 1.82) is 0 Å². The predicted octanol–water partition coefficient (Wildman–Crippen LogP) is 0.644. The predicted molar refractivity (Wildman–Crippen MR) is 71.1 cm³/mol. The van der Waals surface area contributed by atoms with Crippen molar-refractivity contribution in [3.63, 3.8) is 0 Å². The van der Waals surface area contributed by atoms with E-state index in [0.717, 1.165) is 0 Å². The summed E-state index contributed by atoms with van der Waals surface area (Å²) in [6.45, 7) is 5.15. The molecule has 1 fully saturated rings. The van der Waals surface area contributed by atoms with E-state index in [2.05, 4.69) is 0 Å². The zero-order chi connectivity index (χ0) is 15.3. The molecule has 114 valence electrons. The van der Waals surface area contributed by atoms with Gasteiger partial charge in [0, 0.05) is 26.2 Å². The number of methoxy groups -OCH3 is 1. The molecule has 2 atom stereocenters. The minimum Gasteiger partial charge on any atom is -0.481 e. The van der Waals surface area contributed by atoms with Gasteiger partial charge in [-0.1, -0.05) is 6.92 Å². The number of carboxylic acid groups (broad SMARTS) is 1. The normalized spacial score (nSPS) is 21.6. The molecule has 0 bridgehead atoms. The van der Waals surface area contributed by atoms with Crippen LogP contribution in [0.5, 0.6) is 0 Å². The highest BCUT2D eigenvalue weighted by molar-refractivity contribution is 5.79. The van der Waals surface area contributed by atoms with Crippen molar-refractivity contribution < 1.29 is 24.2 Å². The van der Waals surface area contributed by atoms with Crippen LogP contribution < -0.4 is 0 Å². The Hall–Kier alpha value is -1.79. The van der Waals surface area contributed by atoms with E-state index < -0.39 is 5.97 Å². The van der Waals surface area contributed by atoms with E-state index in [0.29, 0.717) is 19.6 Å². The molecule has 7 nitrogen and oxygen atoms in total. The largest absolute Gasteiger partial charge is 0.481 e. The molecule has 0 aromatic rings. The molecule has 7 heteroatoms. The number of aliphatic carboxylic acids is 1. The zero-order valence-corrected chi connectivity index (χ0v) is 12.2. The number of amides is 2. The summed E-state index contributed by atoms with van der Waals surface area (Å²) in [4.78, 5) is 37.6. The van der Waals surface area contributed by atoms with Gasteiger partial charge in [-0.25, -0.2) is 4.79 Å². The fraction of sp³-hybridized carbons (Fsp3) is 0.769. The van der Waals surface area contributed by atoms with Gasteiger partial charge >= 0.3 is 18.0 Å². The molecule has 2 unspecified atom stereocenters. The van der Waals surface area contributed by atoms with Gasteiger partial charge in [0.25, 0.3) is 0 Å². The number of esters is 1. The maximum absolute atomic E-state index is 12.3. The minimum atomic E-state index is -0.932. The molecule has 0 radical (unpaired) electrons. The molecule has 1 saturated heterocycles. The first kappa shape index (κ1) is 16.3. The minimum absolute atomic E-state index is 0.0459. The van der Waals surface area contributed by atoms with E-state index in [1.807, 2.05) is 6.92 Å². The molecule has 2 amide bonds. The number of rotatable bonds is 5. The topological polar surface area (TPSA) is 87.2 Å². The average Bonchev–Trinajstić information content (AvgIpc) is 2.80. The summed E-state index contributed by atoms with van der Waals surface area (Å²) in [5.74, 6) is -1.49. The lowest BCUT2D eigenvalue weighted by Gasteiger charge is -2.26. The van der Waals surface area contributed by atoms with Crippen molar-refractivity contribution in [3.05, 3.63) is 0 Å². The first-order chi connectivity index (χ1) is 9.40. The fourth-order valence-electron chi connectivity index (χ4n) is 2.40. The number of hydrogen-bond donors (Lipinski definition) is 1. The van der Waals surface area contributed by atoms with E-state index in [4.69, 9.17) is 9.84 Å². The van der Waals surface area contributed by atoms with Crippen LogP contribution in [-0.4, -0.2) is 66.2 Å². The highest BCUT2D eigenvalue weighted by Gasteiger charge is 2.38. The second kappa shape index (κ2) is 7.12. The van der Waals surface area contributed by atoms with Crippen molar-refractivity contribution in [3.8, 4) is 0 Å². The van der Waals surface area contributed by atoms with Crippen LogP contribution in [0.3, 0.4) is 0 Å². The van der Waals surface area contributed by atoms with Gasteiger partial charge in [-0.05, 0) is 12.8 Å². The Labute approximate surface area is 118 Å². The van der Waals surface area contributed by atoms with Gasteiger partial charge in [0.15, 0.2) is 0 Å². The molecule has 1 aliphatic rings. The number of nitrogens with zero attached hydrogens (tertiary/aromatic N) is 2. The number of carbonyl (C=O) groups excluding carboxylic acids is 2. The first-order valence-corrected chi connectivity index (χ1v) is 6.74. The smallest absolute Gasteiger partial charge is 0.320 e. The molecule has 0 aromatic carbocycles.